The van der Waals surface area contributed by atoms with E-state index in [1.165, 1.54) is 5.56 Å². The smallest absolute Gasteiger partial charge is 0.119 e. The van der Waals surface area contributed by atoms with Crippen LogP contribution in [0, 0.1) is 5.92 Å². The van der Waals surface area contributed by atoms with Crippen molar-refractivity contribution in [1.29, 1.82) is 0 Å². The quantitative estimate of drug-likeness (QED) is 0.745. The number of nitrogens with two attached hydrogens (primary N) is 1. The van der Waals surface area contributed by atoms with E-state index in [1.54, 1.807) is 0 Å². The Morgan fingerprint density at radius 3 is 2.53 bits per heavy atom. The summed E-state index contributed by atoms with van der Waals surface area (Å²) in [6, 6.07) is 8.36. The van der Waals surface area contributed by atoms with Gasteiger partial charge in [0.05, 0.1) is 6.61 Å². The molecule has 0 saturated heterocycles. The molecule has 0 amide bonds. The molecule has 0 bridgehead atoms. The summed E-state index contributed by atoms with van der Waals surface area (Å²) in [7, 11) is 0. The van der Waals surface area contributed by atoms with Gasteiger partial charge in [-0.15, -0.1) is 0 Å². The lowest BCUT2D eigenvalue weighted by molar-refractivity contribution is 0.253. The summed E-state index contributed by atoms with van der Waals surface area (Å²) in [6.07, 6.45) is 1.02. The number of benzene rings is 1. The van der Waals surface area contributed by atoms with Crippen molar-refractivity contribution >= 4 is 0 Å². The second-order valence-electron chi connectivity index (χ2n) is 4.87. The fourth-order valence-electron chi connectivity index (χ4n) is 2.33. The number of nitrogens with zero attached hydrogens (tertiary/aromatic N) is 1. The summed E-state index contributed by atoms with van der Waals surface area (Å²) in [4.78, 5) is 2.43. The van der Waals surface area contributed by atoms with Crippen LogP contribution in [0.25, 0.3) is 0 Å². The van der Waals surface area contributed by atoms with Crippen LogP contribution in [0.5, 0.6) is 5.75 Å². The Labute approximate surface area is 117 Å². The lowest BCUT2D eigenvalue weighted by Crippen LogP contribution is -2.33. The SMILES string of the molecule is CCOc1cccc(CC(CN)CN(CC)CC)c1. The van der Waals surface area contributed by atoms with Crippen molar-refractivity contribution in [2.75, 3.05) is 32.8 Å². The van der Waals surface area contributed by atoms with Gasteiger partial charge in [-0.1, -0.05) is 26.0 Å². The van der Waals surface area contributed by atoms with Crippen LogP contribution in [0.1, 0.15) is 26.3 Å². The van der Waals surface area contributed by atoms with Crippen molar-refractivity contribution in [3.05, 3.63) is 29.8 Å². The molecule has 0 spiro atoms. The third-order valence-corrected chi connectivity index (χ3v) is 3.48. The van der Waals surface area contributed by atoms with E-state index in [4.69, 9.17) is 10.5 Å². The van der Waals surface area contributed by atoms with E-state index in [1.807, 2.05) is 13.0 Å². The average Bonchev–Trinajstić information content (AvgIpc) is 2.44. The van der Waals surface area contributed by atoms with Gasteiger partial charge >= 0.3 is 0 Å². The van der Waals surface area contributed by atoms with Crippen LogP contribution in [-0.4, -0.2) is 37.7 Å². The minimum Gasteiger partial charge on any atom is -0.494 e. The summed E-state index contributed by atoms with van der Waals surface area (Å²) < 4.78 is 5.54. The van der Waals surface area contributed by atoms with E-state index in [0.29, 0.717) is 12.5 Å². The lowest BCUT2D eigenvalue weighted by Gasteiger charge is -2.24. The number of rotatable bonds is 9. The summed E-state index contributed by atoms with van der Waals surface area (Å²) in [6.45, 7) is 11.1. The minimum atomic E-state index is 0.511. The van der Waals surface area contributed by atoms with Gasteiger partial charge in [0.1, 0.15) is 5.75 Å². The summed E-state index contributed by atoms with van der Waals surface area (Å²) >= 11 is 0. The van der Waals surface area contributed by atoms with Crippen LogP contribution in [0.15, 0.2) is 24.3 Å². The van der Waals surface area contributed by atoms with Gasteiger partial charge in [-0.25, -0.2) is 0 Å². The molecule has 0 radical (unpaired) electrons. The van der Waals surface area contributed by atoms with E-state index in [2.05, 4.69) is 36.9 Å². The fourth-order valence-corrected chi connectivity index (χ4v) is 2.33. The molecule has 1 aromatic carbocycles. The molecule has 0 aliphatic carbocycles. The largest absolute Gasteiger partial charge is 0.494 e. The molecule has 3 heteroatoms. The van der Waals surface area contributed by atoms with Crippen molar-refractivity contribution in [2.24, 2.45) is 11.7 Å². The Morgan fingerprint density at radius 1 is 1.21 bits per heavy atom. The molecule has 0 aromatic heterocycles. The first-order valence-electron chi connectivity index (χ1n) is 7.37. The Bertz CT molecular complexity index is 350. The first kappa shape index (κ1) is 16.0. The maximum atomic E-state index is 5.92. The molecule has 0 aliphatic rings. The van der Waals surface area contributed by atoms with E-state index < -0.39 is 0 Å². The average molecular weight is 264 g/mol. The predicted molar refractivity (Wildman–Crippen MR) is 81.6 cm³/mol. The fraction of sp³-hybridized carbons (Fsp3) is 0.625. The van der Waals surface area contributed by atoms with Gasteiger partial charge < -0.3 is 15.4 Å². The molecule has 3 nitrogen and oxygen atoms in total. The molecule has 1 unspecified atom stereocenters. The zero-order valence-electron chi connectivity index (χ0n) is 12.6. The van der Waals surface area contributed by atoms with Crippen molar-refractivity contribution < 1.29 is 4.74 Å². The highest BCUT2D eigenvalue weighted by Crippen LogP contribution is 2.16. The molecule has 19 heavy (non-hydrogen) atoms. The molecule has 0 aliphatic heterocycles. The van der Waals surface area contributed by atoms with Crippen LogP contribution in [-0.2, 0) is 6.42 Å². The molecule has 1 aromatic rings. The molecule has 0 fully saturated rings. The highest BCUT2D eigenvalue weighted by atomic mass is 16.5. The maximum absolute atomic E-state index is 5.92. The standard InChI is InChI=1S/C16H28N2O/c1-4-18(5-2)13-15(12-17)10-14-8-7-9-16(11-14)19-6-3/h7-9,11,15H,4-6,10,12-13,17H2,1-3H3. The van der Waals surface area contributed by atoms with Crippen LogP contribution >= 0.6 is 0 Å². The molecule has 1 rings (SSSR count). The molecule has 0 saturated carbocycles. The van der Waals surface area contributed by atoms with Crippen molar-refractivity contribution in [3.8, 4) is 5.75 Å². The summed E-state index contributed by atoms with van der Waals surface area (Å²) in [5.41, 5.74) is 7.23. The predicted octanol–water partition coefficient (Wildman–Crippen LogP) is 2.54. The normalized spacial score (nSPS) is 12.7. The topological polar surface area (TPSA) is 38.5 Å². The van der Waals surface area contributed by atoms with E-state index >= 15 is 0 Å². The Hall–Kier alpha value is -1.06. The highest BCUT2D eigenvalue weighted by molar-refractivity contribution is 5.28. The van der Waals surface area contributed by atoms with Gasteiger partial charge in [0.2, 0.25) is 0 Å². The van der Waals surface area contributed by atoms with Crippen molar-refractivity contribution in [1.82, 2.24) is 4.90 Å². The number of hydrogen-bond acceptors (Lipinski definition) is 3. The zero-order valence-corrected chi connectivity index (χ0v) is 12.6. The lowest BCUT2D eigenvalue weighted by atomic mass is 9.98. The Kier molecular flexibility index (Phi) is 7.53. The molecular weight excluding hydrogens is 236 g/mol. The van der Waals surface area contributed by atoms with Crippen LogP contribution in [0.3, 0.4) is 0 Å². The Morgan fingerprint density at radius 2 is 1.95 bits per heavy atom. The first-order chi connectivity index (χ1) is 9.23. The zero-order chi connectivity index (χ0) is 14.1. The monoisotopic (exact) mass is 264 g/mol. The van der Waals surface area contributed by atoms with Gasteiger partial charge in [0, 0.05) is 6.54 Å². The van der Waals surface area contributed by atoms with Gasteiger partial charge in [0.15, 0.2) is 0 Å². The highest BCUT2D eigenvalue weighted by Gasteiger charge is 2.12. The maximum Gasteiger partial charge on any atom is 0.119 e. The second-order valence-corrected chi connectivity index (χ2v) is 4.87. The summed E-state index contributed by atoms with van der Waals surface area (Å²) in [5, 5.41) is 0. The van der Waals surface area contributed by atoms with Crippen LogP contribution < -0.4 is 10.5 Å². The second kappa shape index (κ2) is 8.94. The summed E-state index contributed by atoms with van der Waals surface area (Å²) in [5.74, 6) is 1.47. The van der Waals surface area contributed by atoms with Crippen molar-refractivity contribution in [2.45, 2.75) is 27.2 Å². The molecule has 2 N–H and O–H groups in total. The molecule has 0 heterocycles. The van der Waals surface area contributed by atoms with Gasteiger partial charge in [0.25, 0.3) is 0 Å². The van der Waals surface area contributed by atoms with Gasteiger partial charge in [-0.2, -0.15) is 0 Å². The third kappa shape index (κ3) is 5.62. The minimum absolute atomic E-state index is 0.511. The van der Waals surface area contributed by atoms with E-state index in [-0.39, 0.29) is 0 Å². The van der Waals surface area contributed by atoms with Crippen LogP contribution in [0.4, 0.5) is 0 Å². The third-order valence-electron chi connectivity index (χ3n) is 3.48. The van der Waals surface area contributed by atoms with Gasteiger partial charge in [-0.05, 0) is 56.6 Å². The Balaban J connectivity index is 2.61. The van der Waals surface area contributed by atoms with E-state index in [9.17, 15) is 0 Å². The molecule has 1 atom stereocenters. The van der Waals surface area contributed by atoms with Crippen LogP contribution in [0.2, 0.25) is 0 Å². The molecule has 108 valence electrons. The first-order valence-corrected chi connectivity index (χ1v) is 7.37. The number of hydrogen-bond donors (Lipinski definition) is 1. The molecular formula is C16H28N2O. The van der Waals surface area contributed by atoms with Gasteiger partial charge in [-0.3, -0.25) is 0 Å². The van der Waals surface area contributed by atoms with Crippen molar-refractivity contribution in [3.63, 3.8) is 0 Å². The number of ether oxygens (including phenoxy) is 1. The van der Waals surface area contributed by atoms with E-state index in [0.717, 1.165) is 38.3 Å².